The van der Waals surface area contributed by atoms with Gasteiger partial charge in [-0.2, -0.15) is 0 Å². The SMILES string of the molecule is CC(C)(C)OC(=O)NC1CCC(=O)N(COCC[Si](C)(C)C)C1=O. The monoisotopic (exact) mass is 358 g/mol. The lowest BCUT2D eigenvalue weighted by Gasteiger charge is -2.31. The Morgan fingerprint density at radius 2 is 1.92 bits per heavy atom. The molecule has 3 amide bonds. The summed E-state index contributed by atoms with van der Waals surface area (Å²) in [5.41, 5.74) is -0.642. The summed E-state index contributed by atoms with van der Waals surface area (Å²) in [5, 5.41) is 2.54. The van der Waals surface area contributed by atoms with Gasteiger partial charge in [-0.05, 0) is 33.2 Å². The molecule has 0 saturated carbocycles. The van der Waals surface area contributed by atoms with Gasteiger partial charge >= 0.3 is 6.09 Å². The van der Waals surface area contributed by atoms with Crippen LogP contribution < -0.4 is 5.32 Å². The zero-order chi connectivity index (χ0) is 18.5. The van der Waals surface area contributed by atoms with E-state index in [1.54, 1.807) is 20.8 Å². The average Bonchev–Trinajstić information content (AvgIpc) is 2.38. The van der Waals surface area contributed by atoms with Crippen LogP contribution in [0.2, 0.25) is 25.7 Å². The maximum atomic E-state index is 12.4. The number of hydrogen-bond donors (Lipinski definition) is 1. The van der Waals surface area contributed by atoms with Gasteiger partial charge in [0, 0.05) is 21.1 Å². The van der Waals surface area contributed by atoms with Gasteiger partial charge in [0.2, 0.25) is 5.91 Å². The van der Waals surface area contributed by atoms with Gasteiger partial charge in [-0.3, -0.25) is 14.5 Å². The maximum Gasteiger partial charge on any atom is 0.408 e. The molecule has 0 bridgehead atoms. The number of carbonyl (C=O) groups is 3. The van der Waals surface area contributed by atoms with Crippen LogP contribution in [-0.2, 0) is 19.1 Å². The Morgan fingerprint density at radius 1 is 1.29 bits per heavy atom. The molecule has 1 saturated heterocycles. The first-order valence-electron chi connectivity index (χ1n) is 8.30. The number of nitrogens with zero attached hydrogens (tertiary/aromatic N) is 1. The van der Waals surface area contributed by atoms with Gasteiger partial charge in [0.1, 0.15) is 18.4 Å². The molecule has 0 aliphatic carbocycles. The van der Waals surface area contributed by atoms with Crippen molar-refractivity contribution in [2.45, 2.75) is 70.9 Å². The van der Waals surface area contributed by atoms with Gasteiger partial charge in [-0.1, -0.05) is 19.6 Å². The summed E-state index contributed by atoms with van der Waals surface area (Å²) in [7, 11) is -1.22. The molecule has 1 heterocycles. The van der Waals surface area contributed by atoms with Crippen LogP contribution in [0.5, 0.6) is 0 Å². The highest BCUT2D eigenvalue weighted by molar-refractivity contribution is 6.76. The van der Waals surface area contributed by atoms with Crippen LogP contribution in [0.3, 0.4) is 0 Å². The minimum absolute atomic E-state index is 0.0609. The summed E-state index contributed by atoms with van der Waals surface area (Å²) in [4.78, 5) is 37.2. The molecule has 0 aromatic rings. The van der Waals surface area contributed by atoms with E-state index >= 15 is 0 Å². The van der Waals surface area contributed by atoms with E-state index in [1.165, 1.54) is 0 Å². The lowest BCUT2D eigenvalue weighted by Crippen LogP contribution is -2.55. The van der Waals surface area contributed by atoms with E-state index in [1.807, 2.05) is 0 Å². The van der Waals surface area contributed by atoms with E-state index in [0.717, 1.165) is 10.9 Å². The Morgan fingerprint density at radius 3 is 2.46 bits per heavy atom. The Balaban J connectivity index is 2.53. The smallest absolute Gasteiger partial charge is 0.408 e. The summed E-state index contributed by atoms with van der Waals surface area (Å²) < 4.78 is 10.7. The fourth-order valence-electron chi connectivity index (χ4n) is 2.09. The molecule has 1 fully saturated rings. The van der Waals surface area contributed by atoms with Gasteiger partial charge in [0.15, 0.2) is 0 Å². The minimum atomic E-state index is -1.22. The predicted octanol–water partition coefficient (Wildman–Crippen LogP) is 2.34. The Hall–Kier alpha value is -1.41. The zero-order valence-corrected chi connectivity index (χ0v) is 16.6. The molecule has 1 aliphatic heterocycles. The Bertz CT molecular complexity index is 482. The van der Waals surface area contributed by atoms with E-state index in [2.05, 4.69) is 25.0 Å². The number of imide groups is 1. The predicted molar refractivity (Wildman–Crippen MR) is 93.2 cm³/mol. The second kappa shape index (κ2) is 8.11. The minimum Gasteiger partial charge on any atom is -0.444 e. The molecular weight excluding hydrogens is 328 g/mol. The van der Waals surface area contributed by atoms with Crippen LogP contribution in [0.4, 0.5) is 4.79 Å². The lowest BCUT2D eigenvalue weighted by atomic mass is 10.0. The van der Waals surface area contributed by atoms with Crippen LogP contribution >= 0.6 is 0 Å². The highest BCUT2D eigenvalue weighted by Crippen LogP contribution is 2.15. The number of amides is 3. The molecule has 7 nitrogen and oxygen atoms in total. The van der Waals surface area contributed by atoms with Crippen molar-refractivity contribution >= 4 is 26.0 Å². The van der Waals surface area contributed by atoms with Gasteiger partial charge in [-0.25, -0.2) is 4.79 Å². The van der Waals surface area contributed by atoms with Crippen molar-refractivity contribution in [1.29, 1.82) is 0 Å². The van der Waals surface area contributed by atoms with Crippen LogP contribution in [0, 0.1) is 0 Å². The molecule has 1 aliphatic rings. The van der Waals surface area contributed by atoms with E-state index in [9.17, 15) is 14.4 Å². The number of ether oxygens (including phenoxy) is 2. The standard InChI is InChI=1S/C16H30N2O5Si/c1-16(2,3)23-15(21)17-12-7-8-13(19)18(14(12)20)11-22-9-10-24(4,5)6/h12H,7-11H2,1-6H3,(H,17,21). The van der Waals surface area contributed by atoms with Gasteiger partial charge in [-0.15, -0.1) is 0 Å². The summed E-state index contributed by atoms with van der Waals surface area (Å²) >= 11 is 0. The highest BCUT2D eigenvalue weighted by Gasteiger charge is 2.36. The second-order valence-electron chi connectivity index (χ2n) is 8.25. The molecule has 24 heavy (non-hydrogen) atoms. The normalized spacial score (nSPS) is 19.4. The van der Waals surface area contributed by atoms with Crippen molar-refractivity contribution in [2.24, 2.45) is 0 Å². The zero-order valence-electron chi connectivity index (χ0n) is 15.6. The van der Waals surface area contributed by atoms with Crippen LogP contribution in [0.1, 0.15) is 33.6 Å². The molecule has 0 aromatic carbocycles. The van der Waals surface area contributed by atoms with Crippen molar-refractivity contribution in [2.75, 3.05) is 13.3 Å². The number of alkyl carbamates (subject to hydrolysis) is 1. The van der Waals surface area contributed by atoms with E-state index < -0.39 is 31.7 Å². The Kier molecular flexibility index (Phi) is 6.97. The molecule has 8 heteroatoms. The highest BCUT2D eigenvalue weighted by atomic mass is 28.3. The largest absolute Gasteiger partial charge is 0.444 e. The Labute approximate surface area is 145 Å². The third-order valence-corrected chi connectivity index (χ3v) is 5.12. The second-order valence-corrected chi connectivity index (χ2v) is 13.9. The fraction of sp³-hybridized carbons (Fsp3) is 0.812. The fourth-order valence-corrected chi connectivity index (χ4v) is 2.85. The number of hydrogen-bond acceptors (Lipinski definition) is 5. The third kappa shape index (κ3) is 7.44. The van der Waals surface area contributed by atoms with Crippen molar-refractivity contribution in [1.82, 2.24) is 10.2 Å². The van der Waals surface area contributed by atoms with Crippen molar-refractivity contribution < 1.29 is 23.9 Å². The summed E-state index contributed by atoms with van der Waals surface area (Å²) in [6.07, 6.45) is -0.180. The molecule has 138 valence electrons. The van der Waals surface area contributed by atoms with E-state index in [-0.39, 0.29) is 25.5 Å². The summed E-state index contributed by atoms with van der Waals surface area (Å²) in [5.74, 6) is -0.708. The topological polar surface area (TPSA) is 84.9 Å². The first-order valence-corrected chi connectivity index (χ1v) is 12.0. The first kappa shape index (κ1) is 20.6. The van der Waals surface area contributed by atoms with Gasteiger partial charge in [0.05, 0.1) is 0 Å². The van der Waals surface area contributed by atoms with Gasteiger partial charge < -0.3 is 14.8 Å². The molecule has 0 spiro atoms. The maximum absolute atomic E-state index is 12.4. The quantitative estimate of drug-likeness (QED) is 0.447. The van der Waals surface area contributed by atoms with Crippen molar-refractivity contribution in [3.05, 3.63) is 0 Å². The van der Waals surface area contributed by atoms with Crippen LogP contribution in [0.25, 0.3) is 0 Å². The third-order valence-electron chi connectivity index (χ3n) is 3.42. The van der Waals surface area contributed by atoms with Crippen LogP contribution in [-0.4, -0.2) is 55.9 Å². The summed E-state index contributed by atoms with van der Waals surface area (Å²) in [6.45, 7) is 12.4. The average molecular weight is 359 g/mol. The molecule has 0 aromatic heterocycles. The summed E-state index contributed by atoms with van der Waals surface area (Å²) in [6, 6.07) is 0.209. The van der Waals surface area contributed by atoms with Crippen molar-refractivity contribution in [3.63, 3.8) is 0 Å². The number of carbonyl (C=O) groups excluding carboxylic acids is 3. The lowest BCUT2D eigenvalue weighted by molar-refractivity contribution is -0.156. The molecule has 1 unspecified atom stereocenters. The van der Waals surface area contributed by atoms with Crippen molar-refractivity contribution in [3.8, 4) is 0 Å². The van der Waals surface area contributed by atoms with Crippen LogP contribution in [0.15, 0.2) is 0 Å². The number of piperidine rings is 1. The number of nitrogens with one attached hydrogen (secondary N) is 1. The number of rotatable bonds is 6. The molecule has 1 atom stereocenters. The van der Waals surface area contributed by atoms with E-state index in [0.29, 0.717) is 6.61 Å². The van der Waals surface area contributed by atoms with E-state index in [4.69, 9.17) is 9.47 Å². The van der Waals surface area contributed by atoms with Gasteiger partial charge in [0.25, 0.3) is 5.91 Å². The molecular formula is C16H30N2O5Si. The molecule has 1 rings (SSSR count). The molecule has 1 N–H and O–H groups in total. The molecule has 0 radical (unpaired) electrons. The first-order chi connectivity index (χ1) is 10.9. The number of likely N-dealkylation sites (tertiary alicyclic amines) is 1.